The molecule has 2 N–H and O–H groups in total. The quantitative estimate of drug-likeness (QED) is 0.773. The van der Waals surface area contributed by atoms with E-state index in [1.165, 1.54) is 0 Å². The summed E-state index contributed by atoms with van der Waals surface area (Å²) in [7, 11) is 1.83. The van der Waals surface area contributed by atoms with Crippen LogP contribution in [0.15, 0.2) is 36.4 Å². The molecule has 0 heterocycles. The molecule has 0 aromatic heterocycles. The highest BCUT2D eigenvalue weighted by Crippen LogP contribution is 2.08. The van der Waals surface area contributed by atoms with Crippen molar-refractivity contribution in [3.8, 4) is 0 Å². The van der Waals surface area contributed by atoms with Crippen LogP contribution in [0.4, 0.5) is 5.69 Å². The maximum Gasteiger partial charge on any atom is 0.252 e. The second kappa shape index (κ2) is 5.84. The SMILES string of the molecule is C=C(C)C(=O)NC(=O)Cc1ccc(NC)cc1. The lowest BCUT2D eigenvalue weighted by Crippen LogP contribution is -2.31. The van der Waals surface area contributed by atoms with Gasteiger partial charge in [-0.05, 0) is 24.6 Å². The fourth-order valence-electron chi connectivity index (χ4n) is 1.25. The van der Waals surface area contributed by atoms with Gasteiger partial charge in [0.1, 0.15) is 0 Å². The van der Waals surface area contributed by atoms with Crippen LogP contribution in [0.3, 0.4) is 0 Å². The van der Waals surface area contributed by atoms with Gasteiger partial charge in [-0.1, -0.05) is 18.7 Å². The minimum Gasteiger partial charge on any atom is -0.388 e. The Balaban J connectivity index is 2.56. The molecule has 0 aliphatic heterocycles. The smallest absolute Gasteiger partial charge is 0.252 e. The minimum absolute atomic E-state index is 0.184. The molecule has 4 heteroatoms. The largest absolute Gasteiger partial charge is 0.388 e. The Morgan fingerprint density at radius 3 is 2.29 bits per heavy atom. The molecule has 0 radical (unpaired) electrons. The van der Waals surface area contributed by atoms with E-state index in [0.29, 0.717) is 5.57 Å². The lowest BCUT2D eigenvalue weighted by Gasteiger charge is -2.05. The molecule has 0 spiro atoms. The van der Waals surface area contributed by atoms with Gasteiger partial charge in [-0.2, -0.15) is 0 Å². The van der Waals surface area contributed by atoms with Crippen LogP contribution in [-0.2, 0) is 16.0 Å². The van der Waals surface area contributed by atoms with E-state index in [0.717, 1.165) is 11.3 Å². The number of imide groups is 1. The Bertz CT molecular complexity index is 435. The molecular formula is C13H16N2O2. The molecule has 1 aromatic rings. The average molecular weight is 232 g/mol. The molecule has 90 valence electrons. The molecule has 0 atom stereocenters. The summed E-state index contributed by atoms with van der Waals surface area (Å²) in [6, 6.07) is 7.44. The number of hydrogen-bond donors (Lipinski definition) is 2. The molecular weight excluding hydrogens is 216 g/mol. The Morgan fingerprint density at radius 2 is 1.82 bits per heavy atom. The van der Waals surface area contributed by atoms with Crippen molar-refractivity contribution >= 4 is 17.5 Å². The van der Waals surface area contributed by atoms with Crippen molar-refractivity contribution in [1.29, 1.82) is 0 Å². The molecule has 1 aromatic carbocycles. The van der Waals surface area contributed by atoms with Crippen molar-refractivity contribution in [2.45, 2.75) is 13.3 Å². The predicted molar refractivity (Wildman–Crippen MR) is 67.7 cm³/mol. The van der Waals surface area contributed by atoms with Gasteiger partial charge in [0.2, 0.25) is 5.91 Å². The summed E-state index contributed by atoms with van der Waals surface area (Å²) >= 11 is 0. The number of hydrogen-bond acceptors (Lipinski definition) is 3. The van der Waals surface area contributed by atoms with Crippen molar-refractivity contribution in [3.63, 3.8) is 0 Å². The van der Waals surface area contributed by atoms with E-state index in [9.17, 15) is 9.59 Å². The van der Waals surface area contributed by atoms with Crippen molar-refractivity contribution < 1.29 is 9.59 Å². The number of benzene rings is 1. The van der Waals surface area contributed by atoms with Gasteiger partial charge in [-0.15, -0.1) is 0 Å². The van der Waals surface area contributed by atoms with Gasteiger partial charge in [-0.25, -0.2) is 0 Å². The third-order valence-electron chi connectivity index (χ3n) is 2.25. The standard InChI is InChI=1S/C13H16N2O2/c1-9(2)13(17)15-12(16)8-10-4-6-11(14-3)7-5-10/h4-7,14H,1,8H2,2-3H3,(H,15,16,17). The molecule has 0 saturated heterocycles. The second-order valence-electron chi connectivity index (χ2n) is 3.78. The Labute approximate surface area is 101 Å². The number of rotatable bonds is 4. The highest BCUT2D eigenvalue weighted by Gasteiger charge is 2.08. The van der Waals surface area contributed by atoms with E-state index >= 15 is 0 Å². The zero-order valence-electron chi connectivity index (χ0n) is 10.0. The average Bonchev–Trinajstić information content (AvgIpc) is 2.29. The molecule has 0 saturated carbocycles. The maximum atomic E-state index is 11.5. The van der Waals surface area contributed by atoms with E-state index in [4.69, 9.17) is 0 Å². The minimum atomic E-state index is -0.429. The molecule has 0 unspecified atom stereocenters. The molecule has 4 nitrogen and oxygen atoms in total. The lowest BCUT2D eigenvalue weighted by atomic mass is 10.1. The number of carbonyl (C=O) groups is 2. The molecule has 0 bridgehead atoms. The Kier molecular flexibility index (Phi) is 4.46. The van der Waals surface area contributed by atoms with Gasteiger partial charge in [0.25, 0.3) is 5.91 Å². The summed E-state index contributed by atoms with van der Waals surface area (Å²) in [5.74, 6) is -0.753. The molecule has 0 fully saturated rings. The van der Waals surface area contributed by atoms with Gasteiger partial charge in [0.05, 0.1) is 6.42 Å². The fraction of sp³-hybridized carbons (Fsp3) is 0.231. The molecule has 0 aliphatic carbocycles. The van der Waals surface area contributed by atoms with Crippen LogP contribution < -0.4 is 10.6 Å². The summed E-state index contributed by atoms with van der Waals surface area (Å²) in [5.41, 5.74) is 2.16. The zero-order valence-corrected chi connectivity index (χ0v) is 10.0. The van der Waals surface area contributed by atoms with Crippen LogP contribution in [0, 0.1) is 0 Å². The van der Waals surface area contributed by atoms with Gasteiger partial charge in [0.15, 0.2) is 0 Å². The van der Waals surface area contributed by atoms with Crippen molar-refractivity contribution in [2.24, 2.45) is 0 Å². The predicted octanol–water partition coefficient (Wildman–Crippen LogP) is 1.49. The van der Waals surface area contributed by atoms with Crippen LogP contribution in [0.2, 0.25) is 0 Å². The summed E-state index contributed by atoms with van der Waals surface area (Å²) < 4.78 is 0. The van der Waals surface area contributed by atoms with E-state index < -0.39 is 5.91 Å². The normalized spacial score (nSPS) is 9.53. The second-order valence-corrected chi connectivity index (χ2v) is 3.78. The van der Waals surface area contributed by atoms with Crippen molar-refractivity contribution in [2.75, 3.05) is 12.4 Å². The Hall–Kier alpha value is -2.10. The van der Waals surface area contributed by atoms with Crippen LogP contribution >= 0.6 is 0 Å². The van der Waals surface area contributed by atoms with Gasteiger partial charge < -0.3 is 5.32 Å². The first-order valence-corrected chi connectivity index (χ1v) is 5.29. The first-order valence-electron chi connectivity index (χ1n) is 5.29. The van der Waals surface area contributed by atoms with Gasteiger partial charge in [-0.3, -0.25) is 14.9 Å². The number of carbonyl (C=O) groups excluding carboxylic acids is 2. The monoisotopic (exact) mass is 232 g/mol. The first kappa shape index (κ1) is 13.0. The third-order valence-corrected chi connectivity index (χ3v) is 2.25. The van der Waals surface area contributed by atoms with Crippen LogP contribution in [0.1, 0.15) is 12.5 Å². The molecule has 17 heavy (non-hydrogen) atoms. The van der Waals surface area contributed by atoms with E-state index in [-0.39, 0.29) is 12.3 Å². The van der Waals surface area contributed by atoms with Gasteiger partial charge >= 0.3 is 0 Å². The zero-order chi connectivity index (χ0) is 12.8. The highest BCUT2D eigenvalue weighted by molar-refractivity contribution is 6.03. The molecule has 2 amide bonds. The van der Waals surface area contributed by atoms with Crippen LogP contribution in [-0.4, -0.2) is 18.9 Å². The number of nitrogens with one attached hydrogen (secondary N) is 2. The molecule has 1 rings (SSSR count). The summed E-state index contributed by atoms with van der Waals surface area (Å²) in [4.78, 5) is 22.7. The topological polar surface area (TPSA) is 58.2 Å². The summed E-state index contributed by atoms with van der Waals surface area (Å²) in [6.07, 6.45) is 0.184. The van der Waals surface area contributed by atoms with E-state index in [1.54, 1.807) is 6.92 Å². The first-order chi connectivity index (χ1) is 8.02. The van der Waals surface area contributed by atoms with Gasteiger partial charge in [0, 0.05) is 18.3 Å². The van der Waals surface area contributed by atoms with Crippen LogP contribution in [0.5, 0.6) is 0 Å². The number of anilines is 1. The van der Waals surface area contributed by atoms with Crippen LogP contribution in [0.25, 0.3) is 0 Å². The van der Waals surface area contributed by atoms with Crippen molar-refractivity contribution in [1.82, 2.24) is 5.32 Å². The highest BCUT2D eigenvalue weighted by atomic mass is 16.2. The molecule has 0 aliphatic rings. The fourth-order valence-corrected chi connectivity index (χ4v) is 1.25. The lowest BCUT2D eigenvalue weighted by molar-refractivity contribution is -0.128. The van der Waals surface area contributed by atoms with E-state index in [1.807, 2.05) is 31.3 Å². The van der Waals surface area contributed by atoms with E-state index in [2.05, 4.69) is 17.2 Å². The number of amides is 2. The maximum absolute atomic E-state index is 11.5. The Morgan fingerprint density at radius 1 is 1.24 bits per heavy atom. The summed E-state index contributed by atoms with van der Waals surface area (Å²) in [6.45, 7) is 5.03. The summed E-state index contributed by atoms with van der Waals surface area (Å²) in [5, 5.41) is 5.25. The third kappa shape index (κ3) is 4.10. The van der Waals surface area contributed by atoms with Crippen molar-refractivity contribution in [3.05, 3.63) is 42.0 Å².